The van der Waals surface area contributed by atoms with Crippen LogP contribution in [0.5, 0.6) is 0 Å². The molecule has 8 nitrogen and oxygen atoms in total. The third-order valence-electron chi connectivity index (χ3n) is 8.15. The smallest absolute Gasteiger partial charge is 0.382 e. The lowest BCUT2D eigenvalue weighted by Gasteiger charge is -2.28. The molecule has 0 unspecified atom stereocenters. The SMILES string of the molecule is CC1(n2cc([C@@H](Nc3cc(Cl)c4ncc(C#N)c(NCC(C)(C)C(F)(F)F)c4c3)c3cccc4ncccc34)nn2)CC1. The van der Waals surface area contributed by atoms with E-state index in [1.807, 2.05) is 47.3 Å². The average molecular weight is 605 g/mol. The molecule has 0 bridgehead atoms. The Morgan fingerprint density at radius 2 is 1.91 bits per heavy atom. The number of hydrogen-bond donors (Lipinski definition) is 2. The van der Waals surface area contributed by atoms with Gasteiger partial charge in [-0.1, -0.05) is 35.0 Å². The van der Waals surface area contributed by atoms with Gasteiger partial charge in [0, 0.05) is 35.4 Å². The van der Waals surface area contributed by atoms with Crippen LogP contribution < -0.4 is 10.6 Å². The van der Waals surface area contributed by atoms with Gasteiger partial charge in [-0.15, -0.1) is 5.10 Å². The predicted octanol–water partition coefficient (Wildman–Crippen LogP) is 7.61. The van der Waals surface area contributed by atoms with Crippen molar-refractivity contribution in [1.29, 1.82) is 5.26 Å². The van der Waals surface area contributed by atoms with E-state index in [-0.39, 0.29) is 21.8 Å². The summed E-state index contributed by atoms with van der Waals surface area (Å²) in [6, 6.07) is 14.7. The van der Waals surface area contributed by atoms with Crippen LogP contribution in [0.1, 0.15) is 56.5 Å². The molecule has 1 atom stereocenters. The van der Waals surface area contributed by atoms with Gasteiger partial charge < -0.3 is 10.6 Å². The molecule has 1 fully saturated rings. The molecule has 5 aromatic rings. The molecule has 0 saturated heterocycles. The Balaban J connectivity index is 1.46. The highest BCUT2D eigenvalue weighted by molar-refractivity contribution is 6.35. The first-order chi connectivity index (χ1) is 20.4. The third-order valence-corrected chi connectivity index (χ3v) is 8.44. The maximum Gasteiger partial charge on any atom is 0.395 e. The molecule has 0 radical (unpaired) electrons. The molecular formula is C31H28ClF3N8. The zero-order chi connectivity index (χ0) is 30.6. The van der Waals surface area contributed by atoms with Crippen LogP contribution in [0.25, 0.3) is 21.8 Å². The van der Waals surface area contributed by atoms with Crippen molar-refractivity contribution in [3.63, 3.8) is 0 Å². The molecular weight excluding hydrogens is 577 g/mol. The van der Waals surface area contributed by atoms with Gasteiger partial charge in [-0.3, -0.25) is 9.97 Å². The third kappa shape index (κ3) is 5.31. The summed E-state index contributed by atoms with van der Waals surface area (Å²) >= 11 is 6.70. The molecule has 1 aliphatic rings. The Morgan fingerprint density at radius 3 is 2.63 bits per heavy atom. The monoisotopic (exact) mass is 604 g/mol. The number of nitriles is 1. The second-order valence-corrected chi connectivity index (χ2v) is 12.2. The summed E-state index contributed by atoms with van der Waals surface area (Å²) in [5, 5.41) is 26.8. The van der Waals surface area contributed by atoms with Crippen LogP contribution in [0.3, 0.4) is 0 Å². The molecule has 43 heavy (non-hydrogen) atoms. The van der Waals surface area contributed by atoms with Crippen molar-refractivity contribution in [2.45, 2.75) is 51.4 Å². The number of fused-ring (bicyclic) bond motifs is 2. The molecule has 220 valence electrons. The average Bonchev–Trinajstić information content (AvgIpc) is 3.52. The van der Waals surface area contributed by atoms with Gasteiger partial charge in [0.2, 0.25) is 0 Å². The summed E-state index contributed by atoms with van der Waals surface area (Å²) < 4.78 is 42.8. The highest BCUT2D eigenvalue weighted by Gasteiger charge is 2.47. The van der Waals surface area contributed by atoms with E-state index in [0.717, 1.165) is 43.2 Å². The molecule has 3 heterocycles. The first kappa shape index (κ1) is 28.7. The van der Waals surface area contributed by atoms with Crippen LogP contribution in [-0.2, 0) is 5.54 Å². The molecule has 2 N–H and O–H groups in total. The Bertz CT molecular complexity index is 1880. The number of aromatic nitrogens is 5. The van der Waals surface area contributed by atoms with E-state index >= 15 is 0 Å². The molecule has 2 aromatic carbocycles. The fraction of sp³-hybridized carbons (Fsp3) is 0.323. The van der Waals surface area contributed by atoms with Crippen LogP contribution >= 0.6 is 11.6 Å². The largest absolute Gasteiger partial charge is 0.395 e. The quantitative estimate of drug-likeness (QED) is 0.188. The molecule has 1 aliphatic carbocycles. The van der Waals surface area contributed by atoms with Gasteiger partial charge in [0.1, 0.15) is 11.8 Å². The van der Waals surface area contributed by atoms with Gasteiger partial charge in [0.15, 0.2) is 0 Å². The summed E-state index contributed by atoms with van der Waals surface area (Å²) in [5.74, 6) is 0. The molecule has 12 heteroatoms. The first-order valence-electron chi connectivity index (χ1n) is 13.8. The maximum absolute atomic E-state index is 13.7. The van der Waals surface area contributed by atoms with Gasteiger partial charge >= 0.3 is 6.18 Å². The summed E-state index contributed by atoms with van der Waals surface area (Å²) in [6.45, 7) is 3.89. The van der Waals surface area contributed by atoms with Crippen LogP contribution in [-0.4, -0.2) is 37.7 Å². The fourth-order valence-electron chi connectivity index (χ4n) is 4.97. The van der Waals surface area contributed by atoms with E-state index in [2.05, 4.69) is 37.8 Å². The number of hydrogen-bond acceptors (Lipinski definition) is 7. The molecule has 0 spiro atoms. The van der Waals surface area contributed by atoms with Gasteiger partial charge in [0.25, 0.3) is 0 Å². The Hall–Kier alpha value is -4.43. The standard InChI is InChI=1S/C31H28ClF3N8/c1-29(2,31(33,34)35)17-39-26-18(14-36)15-38-27-22(26)12-19(13-23(27)32)40-28(25-16-43(42-41-25)30(3)9-10-30)21-6-4-8-24-20(21)7-5-11-37-24/h4-8,11-13,15-16,28,40H,9-10,17H2,1-3H3,(H,38,39)/t28-/m0/s1. The molecule has 6 rings (SSSR count). The van der Waals surface area contributed by atoms with Gasteiger partial charge in [-0.25, -0.2) is 4.68 Å². The van der Waals surface area contributed by atoms with Crippen molar-refractivity contribution in [3.05, 3.63) is 82.9 Å². The van der Waals surface area contributed by atoms with Crippen LogP contribution in [0.4, 0.5) is 24.5 Å². The summed E-state index contributed by atoms with van der Waals surface area (Å²) in [5.41, 5.74) is 1.54. The van der Waals surface area contributed by atoms with Crippen molar-refractivity contribution in [3.8, 4) is 6.07 Å². The zero-order valence-electron chi connectivity index (χ0n) is 23.7. The lowest BCUT2D eigenvalue weighted by Crippen LogP contribution is -2.38. The minimum atomic E-state index is -4.45. The first-order valence-corrected chi connectivity index (χ1v) is 14.1. The van der Waals surface area contributed by atoms with Crippen LogP contribution in [0, 0.1) is 16.7 Å². The Kier molecular flexibility index (Phi) is 6.92. The van der Waals surface area contributed by atoms with Gasteiger partial charge in [-0.2, -0.15) is 18.4 Å². The summed E-state index contributed by atoms with van der Waals surface area (Å²) in [4.78, 5) is 8.85. The maximum atomic E-state index is 13.7. The van der Waals surface area contributed by atoms with E-state index in [9.17, 15) is 18.4 Å². The second-order valence-electron chi connectivity index (χ2n) is 11.8. The molecule has 0 amide bonds. The van der Waals surface area contributed by atoms with E-state index < -0.39 is 24.2 Å². The van der Waals surface area contributed by atoms with E-state index in [0.29, 0.717) is 22.3 Å². The van der Waals surface area contributed by atoms with Crippen LogP contribution in [0.2, 0.25) is 5.02 Å². The highest BCUT2D eigenvalue weighted by atomic mass is 35.5. The Morgan fingerprint density at radius 1 is 1.12 bits per heavy atom. The van der Waals surface area contributed by atoms with Crippen LogP contribution in [0.15, 0.2) is 61.1 Å². The second kappa shape index (κ2) is 10.4. The normalized spacial score (nSPS) is 15.3. The van der Waals surface area contributed by atoms with Gasteiger partial charge in [0.05, 0.1) is 50.5 Å². The predicted molar refractivity (Wildman–Crippen MR) is 160 cm³/mol. The number of nitrogens with zero attached hydrogens (tertiary/aromatic N) is 6. The fourth-order valence-corrected chi connectivity index (χ4v) is 5.24. The number of nitrogens with one attached hydrogen (secondary N) is 2. The molecule has 0 aliphatic heterocycles. The van der Waals surface area contributed by atoms with Crippen molar-refractivity contribution < 1.29 is 13.2 Å². The zero-order valence-corrected chi connectivity index (χ0v) is 24.4. The minimum Gasteiger partial charge on any atom is -0.382 e. The highest BCUT2D eigenvalue weighted by Crippen LogP contribution is 2.43. The topological polar surface area (TPSA) is 104 Å². The molecule has 3 aromatic heterocycles. The Labute approximate surface area is 250 Å². The van der Waals surface area contributed by atoms with E-state index in [1.165, 1.54) is 6.20 Å². The van der Waals surface area contributed by atoms with Crippen molar-refractivity contribution in [2.24, 2.45) is 5.41 Å². The number of benzene rings is 2. The lowest BCUT2D eigenvalue weighted by molar-refractivity contribution is -0.206. The number of halogens is 4. The minimum absolute atomic E-state index is 0.0630. The van der Waals surface area contributed by atoms with E-state index in [4.69, 9.17) is 11.6 Å². The summed E-state index contributed by atoms with van der Waals surface area (Å²) in [6.07, 6.45) is 2.56. The van der Waals surface area contributed by atoms with Gasteiger partial charge in [-0.05, 0) is 63.4 Å². The lowest BCUT2D eigenvalue weighted by atomic mass is 9.92. The van der Waals surface area contributed by atoms with Crippen molar-refractivity contribution in [1.82, 2.24) is 25.0 Å². The van der Waals surface area contributed by atoms with E-state index in [1.54, 1.807) is 18.3 Å². The number of rotatable bonds is 8. The van der Waals surface area contributed by atoms with Crippen molar-refractivity contribution in [2.75, 3.05) is 17.2 Å². The summed E-state index contributed by atoms with van der Waals surface area (Å²) in [7, 11) is 0. The number of anilines is 2. The number of alkyl halides is 3. The number of pyridine rings is 2. The van der Waals surface area contributed by atoms with Crippen molar-refractivity contribution >= 4 is 44.8 Å². The molecule has 1 saturated carbocycles.